The summed E-state index contributed by atoms with van der Waals surface area (Å²) in [5.41, 5.74) is 7.22. The molecular weight excluding hydrogens is 264 g/mol. The molecule has 1 amide bonds. The molecule has 0 aromatic heterocycles. The SMILES string of the molecule is CC(C)(C)c1ccc(OCC(=O)N2CCC(N)CC2)cc1. The second kappa shape index (κ2) is 6.48. The van der Waals surface area contributed by atoms with Gasteiger partial charge in [0.05, 0.1) is 0 Å². The standard InChI is InChI=1S/C17H26N2O2/c1-17(2,3)13-4-6-15(7-5-13)21-12-16(20)19-10-8-14(18)9-11-19/h4-7,14H,8-12,18H2,1-3H3. The predicted molar refractivity (Wildman–Crippen MR) is 84.4 cm³/mol. The van der Waals surface area contributed by atoms with Gasteiger partial charge in [0.1, 0.15) is 5.75 Å². The molecule has 1 aromatic carbocycles. The first-order valence-electron chi connectivity index (χ1n) is 7.63. The molecule has 0 unspecified atom stereocenters. The summed E-state index contributed by atoms with van der Waals surface area (Å²) in [6, 6.07) is 8.21. The molecule has 116 valence electrons. The van der Waals surface area contributed by atoms with Gasteiger partial charge in [-0.15, -0.1) is 0 Å². The van der Waals surface area contributed by atoms with Gasteiger partial charge in [-0.25, -0.2) is 0 Å². The van der Waals surface area contributed by atoms with Crippen LogP contribution in [0.2, 0.25) is 0 Å². The Labute approximate surface area is 127 Å². The number of likely N-dealkylation sites (tertiary alicyclic amines) is 1. The highest BCUT2D eigenvalue weighted by molar-refractivity contribution is 5.77. The Morgan fingerprint density at radius 3 is 2.33 bits per heavy atom. The zero-order valence-corrected chi connectivity index (χ0v) is 13.3. The summed E-state index contributed by atoms with van der Waals surface area (Å²) >= 11 is 0. The summed E-state index contributed by atoms with van der Waals surface area (Å²) in [6.45, 7) is 8.11. The average molecular weight is 290 g/mol. The number of ether oxygens (including phenoxy) is 1. The number of amides is 1. The summed E-state index contributed by atoms with van der Waals surface area (Å²) in [5.74, 6) is 0.784. The lowest BCUT2D eigenvalue weighted by Gasteiger charge is -2.30. The second-order valence-electron chi connectivity index (χ2n) is 6.78. The van der Waals surface area contributed by atoms with Crippen LogP contribution in [0.15, 0.2) is 24.3 Å². The second-order valence-corrected chi connectivity index (χ2v) is 6.78. The van der Waals surface area contributed by atoms with Crippen LogP contribution in [0.5, 0.6) is 5.75 Å². The van der Waals surface area contributed by atoms with Crippen molar-refractivity contribution in [3.05, 3.63) is 29.8 Å². The summed E-state index contributed by atoms with van der Waals surface area (Å²) in [7, 11) is 0. The molecule has 4 heteroatoms. The number of piperidine rings is 1. The maximum absolute atomic E-state index is 12.1. The predicted octanol–water partition coefficient (Wildman–Crippen LogP) is 2.31. The molecule has 0 aliphatic carbocycles. The Bertz CT molecular complexity index is 469. The fraction of sp³-hybridized carbons (Fsp3) is 0.588. The lowest BCUT2D eigenvalue weighted by Crippen LogP contribution is -2.44. The number of benzene rings is 1. The molecule has 0 saturated carbocycles. The van der Waals surface area contributed by atoms with Crippen LogP contribution in [-0.2, 0) is 10.2 Å². The highest BCUT2D eigenvalue weighted by Crippen LogP contribution is 2.24. The summed E-state index contributed by atoms with van der Waals surface area (Å²) in [4.78, 5) is 13.9. The smallest absolute Gasteiger partial charge is 0.260 e. The molecular formula is C17H26N2O2. The van der Waals surface area contributed by atoms with Gasteiger partial charge >= 0.3 is 0 Å². The van der Waals surface area contributed by atoms with Crippen molar-refractivity contribution in [2.75, 3.05) is 19.7 Å². The van der Waals surface area contributed by atoms with Gasteiger partial charge < -0.3 is 15.4 Å². The minimum atomic E-state index is 0.0433. The topological polar surface area (TPSA) is 55.6 Å². The number of hydrogen-bond donors (Lipinski definition) is 1. The number of nitrogens with zero attached hydrogens (tertiary/aromatic N) is 1. The van der Waals surface area contributed by atoms with Crippen molar-refractivity contribution in [3.8, 4) is 5.75 Å². The van der Waals surface area contributed by atoms with Crippen LogP contribution < -0.4 is 10.5 Å². The van der Waals surface area contributed by atoms with Gasteiger partial charge in [0.25, 0.3) is 5.91 Å². The first kappa shape index (κ1) is 15.8. The lowest BCUT2D eigenvalue weighted by atomic mass is 9.87. The number of carbonyl (C=O) groups excluding carboxylic acids is 1. The molecule has 2 N–H and O–H groups in total. The molecule has 1 fully saturated rings. The minimum absolute atomic E-state index is 0.0433. The molecule has 4 nitrogen and oxygen atoms in total. The third-order valence-corrected chi connectivity index (χ3v) is 3.97. The molecule has 1 saturated heterocycles. The van der Waals surface area contributed by atoms with Gasteiger partial charge in [-0.3, -0.25) is 4.79 Å². The lowest BCUT2D eigenvalue weighted by molar-refractivity contribution is -0.134. The molecule has 0 spiro atoms. The van der Waals surface area contributed by atoms with Crippen molar-refractivity contribution in [1.29, 1.82) is 0 Å². The highest BCUT2D eigenvalue weighted by atomic mass is 16.5. The number of rotatable bonds is 3. The Balaban J connectivity index is 1.84. The van der Waals surface area contributed by atoms with Crippen LogP contribution in [0.1, 0.15) is 39.2 Å². The first-order chi connectivity index (χ1) is 9.86. The summed E-state index contributed by atoms with van der Waals surface area (Å²) in [6.07, 6.45) is 1.76. The molecule has 1 aliphatic heterocycles. The van der Waals surface area contributed by atoms with Crippen LogP contribution >= 0.6 is 0 Å². The molecule has 1 heterocycles. The third-order valence-electron chi connectivity index (χ3n) is 3.97. The van der Waals surface area contributed by atoms with E-state index in [9.17, 15) is 4.79 Å². The molecule has 21 heavy (non-hydrogen) atoms. The Kier molecular flexibility index (Phi) is 4.88. The van der Waals surface area contributed by atoms with Crippen molar-refractivity contribution >= 4 is 5.91 Å². The molecule has 2 rings (SSSR count). The molecule has 0 bridgehead atoms. The number of carbonyl (C=O) groups is 1. The fourth-order valence-corrected chi connectivity index (χ4v) is 2.44. The number of nitrogens with two attached hydrogens (primary N) is 1. The van der Waals surface area contributed by atoms with E-state index in [0.717, 1.165) is 31.7 Å². The molecule has 1 aromatic rings. The maximum Gasteiger partial charge on any atom is 0.260 e. The third kappa shape index (κ3) is 4.46. The van der Waals surface area contributed by atoms with Crippen molar-refractivity contribution in [3.63, 3.8) is 0 Å². The van der Waals surface area contributed by atoms with E-state index in [0.29, 0.717) is 0 Å². The molecule has 0 atom stereocenters. The van der Waals surface area contributed by atoms with E-state index in [1.807, 2.05) is 17.0 Å². The van der Waals surface area contributed by atoms with E-state index in [4.69, 9.17) is 10.5 Å². The van der Waals surface area contributed by atoms with Gasteiger partial charge in [0.15, 0.2) is 6.61 Å². The van der Waals surface area contributed by atoms with Crippen molar-refractivity contribution < 1.29 is 9.53 Å². The van der Waals surface area contributed by atoms with Gasteiger partial charge in [-0.05, 0) is 36.0 Å². The monoisotopic (exact) mass is 290 g/mol. The zero-order chi connectivity index (χ0) is 15.5. The number of hydrogen-bond acceptors (Lipinski definition) is 3. The van der Waals surface area contributed by atoms with Crippen LogP contribution in [0.3, 0.4) is 0 Å². The van der Waals surface area contributed by atoms with Crippen molar-refractivity contribution in [2.45, 2.75) is 45.1 Å². The first-order valence-corrected chi connectivity index (χ1v) is 7.63. The van der Waals surface area contributed by atoms with Gasteiger partial charge in [-0.1, -0.05) is 32.9 Å². The summed E-state index contributed by atoms with van der Waals surface area (Å²) < 4.78 is 5.59. The van der Waals surface area contributed by atoms with E-state index in [1.54, 1.807) is 0 Å². The fourth-order valence-electron chi connectivity index (χ4n) is 2.44. The average Bonchev–Trinajstić information content (AvgIpc) is 2.45. The van der Waals surface area contributed by atoms with Crippen LogP contribution in [0.25, 0.3) is 0 Å². The van der Waals surface area contributed by atoms with Crippen molar-refractivity contribution in [1.82, 2.24) is 4.90 Å². The van der Waals surface area contributed by atoms with E-state index >= 15 is 0 Å². The van der Waals surface area contributed by atoms with Gasteiger partial charge in [0, 0.05) is 19.1 Å². The minimum Gasteiger partial charge on any atom is -0.484 e. The van der Waals surface area contributed by atoms with E-state index in [1.165, 1.54) is 5.56 Å². The van der Waals surface area contributed by atoms with Gasteiger partial charge in [0.2, 0.25) is 0 Å². The Morgan fingerprint density at radius 2 is 1.81 bits per heavy atom. The summed E-state index contributed by atoms with van der Waals surface area (Å²) in [5, 5.41) is 0. The molecule has 0 radical (unpaired) electrons. The quantitative estimate of drug-likeness (QED) is 0.929. The van der Waals surface area contributed by atoms with Crippen molar-refractivity contribution in [2.24, 2.45) is 5.73 Å². The van der Waals surface area contributed by atoms with E-state index in [2.05, 4.69) is 32.9 Å². The van der Waals surface area contributed by atoms with Crippen LogP contribution in [0.4, 0.5) is 0 Å². The molecule has 1 aliphatic rings. The maximum atomic E-state index is 12.1. The highest BCUT2D eigenvalue weighted by Gasteiger charge is 2.20. The van der Waals surface area contributed by atoms with Crippen LogP contribution in [0, 0.1) is 0 Å². The normalized spacial score (nSPS) is 16.9. The largest absolute Gasteiger partial charge is 0.484 e. The van der Waals surface area contributed by atoms with Crippen LogP contribution in [-0.4, -0.2) is 36.5 Å². The Morgan fingerprint density at radius 1 is 1.24 bits per heavy atom. The van der Waals surface area contributed by atoms with E-state index in [-0.39, 0.29) is 24.0 Å². The van der Waals surface area contributed by atoms with Gasteiger partial charge in [-0.2, -0.15) is 0 Å². The zero-order valence-electron chi connectivity index (χ0n) is 13.3. The van der Waals surface area contributed by atoms with E-state index < -0.39 is 0 Å². The Hall–Kier alpha value is -1.55.